The van der Waals surface area contributed by atoms with Crippen LogP contribution in [0.3, 0.4) is 0 Å². The van der Waals surface area contributed by atoms with Crippen molar-refractivity contribution in [1.82, 2.24) is 4.98 Å². The minimum atomic E-state index is -5.08. The fraction of sp³-hybridized carbons (Fsp3) is 0.333. The predicted molar refractivity (Wildman–Crippen MR) is 101 cm³/mol. The second-order valence-electron chi connectivity index (χ2n) is 5.17. The second kappa shape index (κ2) is 9.75. The maximum absolute atomic E-state index is 10.6. The number of halogens is 4. The average Bonchev–Trinajstić information content (AvgIpc) is 2.56. The van der Waals surface area contributed by atoms with Gasteiger partial charge in [0, 0.05) is 26.6 Å². The van der Waals surface area contributed by atoms with Gasteiger partial charge in [0.15, 0.2) is 0 Å². The molecule has 0 saturated heterocycles. The molecule has 0 fully saturated rings. The Labute approximate surface area is 163 Å². The zero-order valence-corrected chi connectivity index (χ0v) is 16.7. The zero-order valence-electron chi connectivity index (χ0n) is 14.5. The highest BCUT2D eigenvalue weighted by molar-refractivity contribution is 14.1. The summed E-state index contributed by atoms with van der Waals surface area (Å²) >= 11 is 2.36. The summed E-state index contributed by atoms with van der Waals surface area (Å²) in [6.07, 6.45) is -2.29. The fourth-order valence-corrected chi connectivity index (χ4v) is 2.88. The van der Waals surface area contributed by atoms with Crippen molar-refractivity contribution in [2.45, 2.75) is 33.4 Å². The number of pyridine rings is 1. The number of rotatable bonds is 4. The van der Waals surface area contributed by atoms with Gasteiger partial charge in [-0.15, -0.1) is 0 Å². The summed E-state index contributed by atoms with van der Waals surface area (Å²) in [6.45, 7) is 6.90. The molecule has 0 radical (unpaired) electrons. The van der Waals surface area contributed by atoms with Crippen LogP contribution in [-0.2, 0) is 11.2 Å². The van der Waals surface area contributed by atoms with Gasteiger partial charge >= 0.3 is 12.1 Å². The van der Waals surface area contributed by atoms with E-state index >= 15 is 0 Å². The van der Waals surface area contributed by atoms with E-state index in [0.29, 0.717) is 6.61 Å². The molecule has 0 aliphatic carbocycles. The van der Waals surface area contributed by atoms with Gasteiger partial charge in [-0.3, -0.25) is 4.98 Å². The number of carboxylic acids is 1. The van der Waals surface area contributed by atoms with Crippen molar-refractivity contribution in [3.05, 3.63) is 45.3 Å². The molecule has 0 aliphatic rings. The van der Waals surface area contributed by atoms with E-state index in [1.54, 1.807) is 0 Å². The van der Waals surface area contributed by atoms with Crippen LogP contribution in [0.15, 0.2) is 30.5 Å². The number of aliphatic carboxylic acids is 1. The molecule has 4 nitrogen and oxygen atoms in total. The first-order valence-corrected chi connectivity index (χ1v) is 8.86. The molecule has 0 bridgehead atoms. The van der Waals surface area contributed by atoms with E-state index in [9.17, 15) is 13.2 Å². The van der Waals surface area contributed by atoms with Gasteiger partial charge in [0.2, 0.25) is 0 Å². The van der Waals surface area contributed by atoms with Gasteiger partial charge in [-0.1, -0.05) is 13.0 Å². The fourth-order valence-electron chi connectivity index (χ4n) is 2.20. The van der Waals surface area contributed by atoms with Crippen molar-refractivity contribution in [2.24, 2.45) is 0 Å². The molecule has 0 unspecified atom stereocenters. The number of nitrogens with zero attached hydrogens (tertiary/aromatic N) is 1. The van der Waals surface area contributed by atoms with Gasteiger partial charge in [0.05, 0.1) is 6.61 Å². The number of alkyl halides is 3. The topological polar surface area (TPSA) is 59.4 Å². The summed E-state index contributed by atoms with van der Waals surface area (Å²) < 4.78 is 38.9. The van der Waals surface area contributed by atoms with Crippen molar-refractivity contribution in [3.63, 3.8) is 0 Å². The van der Waals surface area contributed by atoms with Crippen LogP contribution in [0, 0.1) is 10.5 Å². The lowest BCUT2D eigenvalue weighted by molar-refractivity contribution is -0.192. The summed E-state index contributed by atoms with van der Waals surface area (Å²) in [6, 6.07) is 8.45. The zero-order chi connectivity index (χ0) is 19.9. The molecule has 1 N–H and O–H groups in total. The first kappa shape index (κ1) is 22.2. The molecule has 8 heteroatoms. The lowest BCUT2D eigenvalue weighted by Gasteiger charge is -2.16. The van der Waals surface area contributed by atoms with Crippen molar-refractivity contribution in [1.29, 1.82) is 0 Å². The van der Waals surface area contributed by atoms with Gasteiger partial charge < -0.3 is 9.84 Å². The van der Waals surface area contributed by atoms with Gasteiger partial charge in [0.1, 0.15) is 5.75 Å². The van der Waals surface area contributed by atoms with Crippen LogP contribution in [-0.4, -0.2) is 28.8 Å². The van der Waals surface area contributed by atoms with E-state index in [1.165, 1.54) is 9.13 Å². The van der Waals surface area contributed by atoms with Crippen LogP contribution in [0.5, 0.6) is 5.75 Å². The Balaban J connectivity index is 0.000000412. The summed E-state index contributed by atoms with van der Waals surface area (Å²) in [5.74, 6) is -1.76. The monoisotopic (exact) mass is 481 g/mol. The molecule has 1 aromatic carbocycles. The van der Waals surface area contributed by atoms with Crippen LogP contribution in [0.2, 0.25) is 0 Å². The molecule has 1 aromatic heterocycles. The number of aromatic nitrogens is 1. The molecule has 2 rings (SSSR count). The molecule has 2 aromatic rings. The molecule has 0 atom stereocenters. The molecule has 26 heavy (non-hydrogen) atoms. The van der Waals surface area contributed by atoms with Crippen LogP contribution in [0.1, 0.15) is 25.1 Å². The highest BCUT2D eigenvalue weighted by atomic mass is 127. The summed E-state index contributed by atoms with van der Waals surface area (Å²) in [5, 5.41) is 7.12. The Bertz CT molecular complexity index is 764. The predicted octanol–water partition coefficient (Wildman–Crippen LogP) is 5.26. The van der Waals surface area contributed by atoms with E-state index in [2.05, 4.69) is 52.7 Å². The van der Waals surface area contributed by atoms with Crippen molar-refractivity contribution in [3.8, 4) is 16.9 Å². The van der Waals surface area contributed by atoms with Crippen molar-refractivity contribution >= 4 is 28.6 Å². The summed E-state index contributed by atoms with van der Waals surface area (Å²) in [4.78, 5) is 13.3. The number of ether oxygens (including phenoxy) is 1. The van der Waals surface area contributed by atoms with Gasteiger partial charge in [0.25, 0.3) is 0 Å². The number of carbonyl (C=O) groups is 1. The Kier molecular flexibility index (Phi) is 8.32. The molecule has 0 amide bonds. The van der Waals surface area contributed by atoms with E-state index < -0.39 is 12.1 Å². The minimum absolute atomic E-state index is 0.680. The Morgan fingerprint density at radius 1 is 1.27 bits per heavy atom. The summed E-state index contributed by atoms with van der Waals surface area (Å²) in [7, 11) is 0. The number of hydrogen-bond donors (Lipinski definition) is 1. The van der Waals surface area contributed by atoms with Crippen LogP contribution < -0.4 is 4.74 Å². The largest absolute Gasteiger partial charge is 0.493 e. The highest BCUT2D eigenvalue weighted by Crippen LogP contribution is 2.36. The van der Waals surface area contributed by atoms with Crippen LogP contribution >= 0.6 is 22.6 Å². The Morgan fingerprint density at radius 2 is 1.88 bits per heavy atom. The first-order valence-electron chi connectivity index (χ1n) is 7.79. The Morgan fingerprint density at radius 3 is 2.35 bits per heavy atom. The SMILES string of the molecule is CCOc1c(CC)cc(I)cc1-c1cccnc1C.O=C(O)C(F)(F)F. The summed E-state index contributed by atoms with van der Waals surface area (Å²) in [5.41, 5.74) is 4.59. The number of carboxylic acid groups (broad SMARTS) is 1. The second-order valence-corrected chi connectivity index (χ2v) is 6.41. The standard InChI is InChI=1S/C16H18INO.C2HF3O2/c1-4-12-9-13(17)10-15(16(12)19-5-2)14-7-6-8-18-11(14)3;3-2(4,5)1(6)7/h6-10H,4-5H2,1-3H3;(H,6,7). The Hall–Kier alpha value is -1.84. The molecular weight excluding hydrogens is 462 g/mol. The molecule has 0 spiro atoms. The molecule has 0 aliphatic heterocycles. The quantitative estimate of drug-likeness (QED) is 0.606. The van der Waals surface area contributed by atoms with Crippen molar-refractivity contribution in [2.75, 3.05) is 6.61 Å². The maximum atomic E-state index is 10.6. The smallest absolute Gasteiger partial charge is 0.490 e. The molecular formula is C18H19F3INO3. The van der Waals surface area contributed by atoms with Gasteiger partial charge in [-0.25, -0.2) is 4.79 Å². The third kappa shape index (κ3) is 6.15. The van der Waals surface area contributed by atoms with E-state index in [-0.39, 0.29) is 0 Å². The number of benzene rings is 1. The van der Waals surface area contributed by atoms with E-state index in [1.807, 2.05) is 26.1 Å². The molecule has 0 saturated carbocycles. The average molecular weight is 481 g/mol. The third-order valence-corrected chi connectivity index (χ3v) is 3.96. The minimum Gasteiger partial charge on any atom is -0.493 e. The molecule has 142 valence electrons. The normalized spacial score (nSPS) is 10.7. The van der Waals surface area contributed by atoms with Gasteiger partial charge in [-0.05, 0) is 66.6 Å². The lowest BCUT2D eigenvalue weighted by atomic mass is 9.99. The molecule has 1 heterocycles. The third-order valence-electron chi connectivity index (χ3n) is 3.34. The van der Waals surface area contributed by atoms with Crippen LogP contribution in [0.25, 0.3) is 11.1 Å². The number of hydrogen-bond acceptors (Lipinski definition) is 3. The van der Waals surface area contributed by atoms with Crippen LogP contribution in [0.4, 0.5) is 13.2 Å². The highest BCUT2D eigenvalue weighted by Gasteiger charge is 2.38. The van der Waals surface area contributed by atoms with E-state index in [0.717, 1.165) is 29.0 Å². The van der Waals surface area contributed by atoms with E-state index in [4.69, 9.17) is 14.6 Å². The number of aryl methyl sites for hydroxylation is 2. The maximum Gasteiger partial charge on any atom is 0.490 e. The van der Waals surface area contributed by atoms with Crippen molar-refractivity contribution < 1.29 is 27.8 Å². The van der Waals surface area contributed by atoms with Gasteiger partial charge in [-0.2, -0.15) is 13.2 Å². The first-order chi connectivity index (χ1) is 12.1. The lowest BCUT2D eigenvalue weighted by Crippen LogP contribution is -2.21.